The van der Waals surface area contributed by atoms with Crippen LogP contribution in [0.1, 0.15) is 31.0 Å². The van der Waals surface area contributed by atoms with Crippen molar-refractivity contribution in [2.45, 2.75) is 26.3 Å². The first kappa shape index (κ1) is 14.1. The standard InChI is InChI=1S/C17H20ClN/c1-4-13-6-5-7-14(10-13)15-8-9-16(12(2)19-3)17(18)11-15/h5-12,19H,4H2,1-3H3. The highest BCUT2D eigenvalue weighted by atomic mass is 35.5. The predicted octanol–water partition coefficient (Wildman–Crippen LogP) is 4.85. The third kappa shape index (κ3) is 3.17. The van der Waals surface area contributed by atoms with Gasteiger partial charge >= 0.3 is 0 Å². The Labute approximate surface area is 120 Å². The first-order chi connectivity index (χ1) is 9.15. The van der Waals surface area contributed by atoms with E-state index in [0.29, 0.717) is 0 Å². The van der Waals surface area contributed by atoms with Gasteiger partial charge in [0.25, 0.3) is 0 Å². The molecule has 2 heteroatoms. The molecule has 0 saturated heterocycles. The largest absolute Gasteiger partial charge is 0.313 e. The van der Waals surface area contributed by atoms with Gasteiger partial charge in [0.1, 0.15) is 0 Å². The second-order valence-electron chi connectivity index (χ2n) is 4.80. The number of aryl methyl sites for hydroxylation is 1. The lowest BCUT2D eigenvalue weighted by Gasteiger charge is -2.14. The molecule has 1 nitrogen and oxygen atoms in total. The molecule has 0 saturated carbocycles. The molecule has 0 aliphatic carbocycles. The van der Waals surface area contributed by atoms with Gasteiger partial charge in [0, 0.05) is 11.1 Å². The molecule has 2 rings (SSSR count). The van der Waals surface area contributed by atoms with Crippen LogP contribution in [0.3, 0.4) is 0 Å². The first-order valence-electron chi connectivity index (χ1n) is 6.71. The Morgan fingerprint density at radius 1 is 1.11 bits per heavy atom. The van der Waals surface area contributed by atoms with Crippen LogP contribution < -0.4 is 5.32 Å². The molecule has 2 aromatic carbocycles. The summed E-state index contributed by atoms with van der Waals surface area (Å²) < 4.78 is 0. The zero-order valence-electron chi connectivity index (χ0n) is 11.7. The molecule has 19 heavy (non-hydrogen) atoms. The molecule has 2 aromatic rings. The summed E-state index contributed by atoms with van der Waals surface area (Å²) in [4.78, 5) is 0. The summed E-state index contributed by atoms with van der Waals surface area (Å²) in [6.07, 6.45) is 1.05. The second-order valence-corrected chi connectivity index (χ2v) is 5.21. The number of halogens is 1. The SMILES string of the molecule is CCc1cccc(-c2ccc(C(C)NC)c(Cl)c2)c1. The summed E-state index contributed by atoms with van der Waals surface area (Å²) in [5.74, 6) is 0. The molecule has 0 aromatic heterocycles. The molecule has 0 fully saturated rings. The van der Waals surface area contributed by atoms with Gasteiger partial charge < -0.3 is 5.32 Å². The fraction of sp³-hybridized carbons (Fsp3) is 0.294. The minimum Gasteiger partial charge on any atom is -0.313 e. The van der Waals surface area contributed by atoms with Crippen LogP contribution in [0.2, 0.25) is 5.02 Å². The Hall–Kier alpha value is -1.31. The molecule has 1 atom stereocenters. The number of hydrogen-bond acceptors (Lipinski definition) is 1. The smallest absolute Gasteiger partial charge is 0.0459 e. The highest BCUT2D eigenvalue weighted by molar-refractivity contribution is 6.31. The molecule has 0 aliphatic heterocycles. The van der Waals surface area contributed by atoms with Crippen LogP contribution in [0, 0.1) is 0 Å². The van der Waals surface area contributed by atoms with Crippen molar-refractivity contribution in [1.29, 1.82) is 0 Å². The predicted molar refractivity (Wildman–Crippen MR) is 83.7 cm³/mol. The maximum Gasteiger partial charge on any atom is 0.0459 e. The minimum absolute atomic E-state index is 0.267. The summed E-state index contributed by atoms with van der Waals surface area (Å²) >= 11 is 6.39. The highest BCUT2D eigenvalue weighted by Gasteiger charge is 2.09. The molecule has 100 valence electrons. The fourth-order valence-electron chi connectivity index (χ4n) is 2.18. The maximum absolute atomic E-state index is 6.39. The minimum atomic E-state index is 0.267. The van der Waals surface area contributed by atoms with E-state index in [0.717, 1.165) is 17.0 Å². The number of benzene rings is 2. The quantitative estimate of drug-likeness (QED) is 0.840. The molecule has 0 radical (unpaired) electrons. The Bertz CT molecular complexity index is 563. The van der Waals surface area contributed by atoms with E-state index < -0.39 is 0 Å². The van der Waals surface area contributed by atoms with Crippen molar-refractivity contribution in [3.63, 3.8) is 0 Å². The summed E-state index contributed by atoms with van der Waals surface area (Å²) in [5, 5.41) is 4.04. The molecular weight excluding hydrogens is 254 g/mol. The van der Waals surface area contributed by atoms with Crippen molar-refractivity contribution in [3.05, 3.63) is 58.6 Å². The zero-order valence-corrected chi connectivity index (χ0v) is 12.5. The van der Waals surface area contributed by atoms with Gasteiger partial charge in [0.2, 0.25) is 0 Å². The topological polar surface area (TPSA) is 12.0 Å². The van der Waals surface area contributed by atoms with E-state index in [-0.39, 0.29) is 6.04 Å². The van der Waals surface area contributed by atoms with E-state index in [1.807, 2.05) is 7.05 Å². The van der Waals surface area contributed by atoms with Crippen molar-refractivity contribution in [2.24, 2.45) is 0 Å². The van der Waals surface area contributed by atoms with Gasteiger partial charge in [-0.3, -0.25) is 0 Å². The summed E-state index contributed by atoms with van der Waals surface area (Å²) in [6, 6.07) is 15.2. The van der Waals surface area contributed by atoms with E-state index in [1.54, 1.807) is 0 Å². The average molecular weight is 274 g/mol. The highest BCUT2D eigenvalue weighted by Crippen LogP contribution is 2.29. The van der Waals surface area contributed by atoms with Crippen LogP contribution in [0.15, 0.2) is 42.5 Å². The summed E-state index contributed by atoms with van der Waals surface area (Å²) in [5.41, 5.74) is 4.89. The van der Waals surface area contributed by atoms with Crippen LogP contribution in [0.5, 0.6) is 0 Å². The van der Waals surface area contributed by atoms with E-state index in [4.69, 9.17) is 11.6 Å². The average Bonchev–Trinajstić information content (AvgIpc) is 2.46. The number of rotatable bonds is 4. The molecule has 0 heterocycles. The van der Waals surface area contributed by atoms with Crippen molar-refractivity contribution < 1.29 is 0 Å². The van der Waals surface area contributed by atoms with E-state index in [9.17, 15) is 0 Å². The lowest BCUT2D eigenvalue weighted by atomic mass is 9.99. The molecule has 1 unspecified atom stereocenters. The van der Waals surface area contributed by atoms with Gasteiger partial charge in [-0.2, -0.15) is 0 Å². The van der Waals surface area contributed by atoms with Crippen LogP contribution in [0.4, 0.5) is 0 Å². The van der Waals surface area contributed by atoms with Gasteiger partial charge in [-0.25, -0.2) is 0 Å². The van der Waals surface area contributed by atoms with Crippen molar-refractivity contribution in [3.8, 4) is 11.1 Å². The van der Waals surface area contributed by atoms with Crippen molar-refractivity contribution in [2.75, 3.05) is 7.05 Å². The first-order valence-corrected chi connectivity index (χ1v) is 7.09. The third-order valence-corrected chi connectivity index (χ3v) is 3.90. The van der Waals surface area contributed by atoms with E-state index in [2.05, 4.69) is 61.6 Å². The number of hydrogen-bond donors (Lipinski definition) is 1. The second kappa shape index (κ2) is 6.23. The molecule has 0 bridgehead atoms. The lowest BCUT2D eigenvalue weighted by molar-refractivity contribution is 0.652. The summed E-state index contributed by atoms with van der Waals surface area (Å²) in [7, 11) is 1.94. The third-order valence-electron chi connectivity index (χ3n) is 3.57. The van der Waals surface area contributed by atoms with Gasteiger partial charge in [0.05, 0.1) is 0 Å². The van der Waals surface area contributed by atoms with E-state index >= 15 is 0 Å². The summed E-state index contributed by atoms with van der Waals surface area (Å²) in [6.45, 7) is 4.28. The zero-order chi connectivity index (χ0) is 13.8. The molecular formula is C17H20ClN. The molecule has 1 N–H and O–H groups in total. The normalized spacial score (nSPS) is 12.4. The lowest BCUT2D eigenvalue weighted by Crippen LogP contribution is -2.12. The van der Waals surface area contributed by atoms with Gasteiger partial charge in [-0.1, -0.05) is 54.9 Å². The Morgan fingerprint density at radius 2 is 1.84 bits per heavy atom. The van der Waals surface area contributed by atoms with Crippen LogP contribution in [0.25, 0.3) is 11.1 Å². The number of nitrogens with one attached hydrogen (secondary N) is 1. The Kier molecular flexibility index (Phi) is 4.62. The van der Waals surface area contributed by atoms with Gasteiger partial charge in [-0.05, 0) is 48.7 Å². The Morgan fingerprint density at radius 3 is 2.47 bits per heavy atom. The Balaban J connectivity index is 2.38. The molecule has 0 amide bonds. The fourth-order valence-corrected chi connectivity index (χ4v) is 2.53. The van der Waals surface area contributed by atoms with Crippen molar-refractivity contribution in [1.82, 2.24) is 5.32 Å². The maximum atomic E-state index is 6.39. The van der Waals surface area contributed by atoms with Crippen LogP contribution in [-0.4, -0.2) is 7.05 Å². The van der Waals surface area contributed by atoms with Gasteiger partial charge in [0.15, 0.2) is 0 Å². The van der Waals surface area contributed by atoms with Gasteiger partial charge in [-0.15, -0.1) is 0 Å². The van der Waals surface area contributed by atoms with E-state index in [1.165, 1.54) is 16.7 Å². The van der Waals surface area contributed by atoms with Crippen LogP contribution in [-0.2, 0) is 6.42 Å². The molecule has 0 aliphatic rings. The molecule has 0 spiro atoms. The van der Waals surface area contributed by atoms with Crippen LogP contribution >= 0.6 is 11.6 Å². The van der Waals surface area contributed by atoms with Crippen molar-refractivity contribution >= 4 is 11.6 Å². The monoisotopic (exact) mass is 273 g/mol.